The number of hydrogen-bond donors (Lipinski definition) is 1. The van der Waals surface area contributed by atoms with Gasteiger partial charge in [-0.2, -0.15) is 4.31 Å². The van der Waals surface area contributed by atoms with Gasteiger partial charge in [0.25, 0.3) is 0 Å². The van der Waals surface area contributed by atoms with Gasteiger partial charge in [0.15, 0.2) is 0 Å². The second-order valence-electron chi connectivity index (χ2n) is 5.82. The van der Waals surface area contributed by atoms with Crippen molar-refractivity contribution in [1.82, 2.24) is 14.2 Å². The quantitative estimate of drug-likeness (QED) is 0.897. The van der Waals surface area contributed by atoms with Crippen molar-refractivity contribution < 1.29 is 8.42 Å². The Hall–Kier alpha value is -0.850. The molecule has 1 saturated heterocycles. The van der Waals surface area contributed by atoms with Crippen LogP contribution in [0, 0.1) is 5.92 Å². The molecule has 1 aromatic heterocycles. The highest BCUT2D eigenvalue weighted by atomic mass is 32.2. The lowest BCUT2D eigenvalue weighted by atomic mass is 10.1. The molecule has 1 aliphatic heterocycles. The van der Waals surface area contributed by atoms with Crippen molar-refractivity contribution in [2.24, 2.45) is 13.0 Å². The van der Waals surface area contributed by atoms with Crippen LogP contribution < -0.4 is 5.32 Å². The van der Waals surface area contributed by atoms with E-state index in [9.17, 15) is 8.42 Å². The third-order valence-electron chi connectivity index (χ3n) is 3.97. The fraction of sp³-hybridized carbons (Fsp3) is 0.714. The molecular formula is C14H25N3O2S. The first kappa shape index (κ1) is 15.5. The first-order chi connectivity index (χ1) is 9.36. The third-order valence-corrected chi connectivity index (χ3v) is 5.92. The number of nitrogens with one attached hydrogen (secondary N) is 1. The number of aromatic nitrogens is 1. The van der Waals surface area contributed by atoms with Crippen LogP contribution in [0.25, 0.3) is 0 Å². The van der Waals surface area contributed by atoms with Crippen LogP contribution in [0.4, 0.5) is 0 Å². The Morgan fingerprint density at radius 3 is 2.65 bits per heavy atom. The predicted molar refractivity (Wildman–Crippen MR) is 79.9 cm³/mol. The molecule has 2 heterocycles. The summed E-state index contributed by atoms with van der Waals surface area (Å²) in [5.74, 6) is 0.435. The van der Waals surface area contributed by atoms with Crippen LogP contribution in [0.5, 0.6) is 0 Å². The Balaban J connectivity index is 2.26. The van der Waals surface area contributed by atoms with Crippen molar-refractivity contribution in [3.05, 3.63) is 18.0 Å². The summed E-state index contributed by atoms with van der Waals surface area (Å²) >= 11 is 0. The number of hydrogen-bond acceptors (Lipinski definition) is 3. The van der Waals surface area contributed by atoms with E-state index >= 15 is 0 Å². The number of nitrogens with zero attached hydrogens (tertiary/aromatic N) is 2. The van der Waals surface area contributed by atoms with Crippen LogP contribution in [0.15, 0.2) is 17.2 Å². The summed E-state index contributed by atoms with van der Waals surface area (Å²) in [4.78, 5) is 0.411. The molecule has 0 radical (unpaired) electrons. The summed E-state index contributed by atoms with van der Waals surface area (Å²) in [5, 5.41) is 3.23. The van der Waals surface area contributed by atoms with Crippen LogP contribution in [-0.2, 0) is 23.6 Å². The highest BCUT2D eigenvalue weighted by Crippen LogP contribution is 2.29. The topological polar surface area (TPSA) is 54.3 Å². The molecule has 1 aliphatic rings. The van der Waals surface area contributed by atoms with Crippen molar-refractivity contribution >= 4 is 10.0 Å². The molecule has 0 bridgehead atoms. The van der Waals surface area contributed by atoms with E-state index in [0.717, 1.165) is 18.7 Å². The summed E-state index contributed by atoms with van der Waals surface area (Å²) in [6.45, 7) is 8.31. The second-order valence-corrected chi connectivity index (χ2v) is 7.71. The molecule has 2 unspecified atom stereocenters. The predicted octanol–water partition coefficient (Wildman–Crippen LogP) is 1.55. The molecule has 0 spiro atoms. The summed E-state index contributed by atoms with van der Waals surface area (Å²) in [5.41, 5.74) is 0.991. The van der Waals surface area contributed by atoms with E-state index in [1.54, 1.807) is 16.6 Å². The average Bonchev–Trinajstić information content (AvgIpc) is 2.90. The molecule has 114 valence electrons. The van der Waals surface area contributed by atoms with Gasteiger partial charge in [-0.1, -0.05) is 13.8 Å². The molecule has 0 saturated carbocycles. The molecule has 0 amide bonds. The molecule has 20 heavy (non-hydrogen) atoms. The van der Waals surface area contributed by atoms with Crippen molar-refractivity contribution in [1.29, 1.82) is 0 Å². The molecule has 1 N–H and O–H groups in total. The van der Waals surface area contributed by atoms with E-state index in [4.69, 9.17) is 0 Å². The van der Waals surface area contributed by atoms with Gasteiger partial charge in [-0.05, 0) is 31.9 Å². The maximum atomic E-state index is 12.7. The molecule has 2 rings (SSSR count). The van der Waals surface area contributed by atoms with E-state index < -0.39 is 10.0 Å². The van der Waals surface area contributed by atoms with Crippen LogP contribution in [0.1, 0.15) is 32.9 Å². The SMILES string of the molecule is CCNCc1cc(S(=O)(=O)N2CC(C)CC2C)cn1C. The molecule has 0 aromatic carbocycles. The summed E-state index contributed by atoms with van der Waals surface area (Å²) in [6, 6.07) is 1.88. The first-order valence-electron chi connectivity index (χ1n) is 7.24. The standard InChI is InChI=1S/C14H25N3O2S/c1-5-15-8-13-7-14(10-16(13)4)20(18,19)17-9-11(2)6-12(17)3/h7,10-12,15H,5-6,8-9H2,1-4H3. The number of rotatable bonds is 5. The van der Waals surface area contributed by atoms with Gasteiger partial charge in [-0.25, -0.2) is 8.42 Å². The van der Waals surface area contributed by atoms with E-state index in [-0.39, 0.29) is 6.04 Å². The molecule has 1 fully saturated rings. The van der Waals surface area contributed by atoms with Crippen molar-refractivity contribution in [2.75, 3.05) is 13.1 Å². The number of sulfonamides is 1. The largest absolute Gasteiger partial charge is 0.352 e. The van der Waals surface area contributed by atoms with Gasteiger partial charge in [0.2, 0.25) is 10.0 Å². The third kappa shape index (κ3) is 2.92. The van der Waals surface area contributed by atoms with Gasteiger partial charge in [-0.3, -0.25) is 0 Å². The number of aryl methyl sites for hydroxylation is 1. The monoisotopic (exact) mass is 299 g/mol. The van der Waals surface area contributed by atoms with Gasteiger partial charge < -0.3 is 9.88 Å². The van der Waals surface area contributed by atoms with Gasteiger partial charge in [0, 0.05) is 38.1 Å². The Kier molecular flexibility index (Phi) is 4.56. The lowest BCUT2D eigenvalue weighted by Crippen LogP contribution is -2.33. The highest BCUT2D eigenvalue weighted by Gasteiger charge is 2.36. The molecule has 2 atom stereocenters. The second kappa shape index (κ2) is 5.87. The Bertz CT molecular complexity index is 565. The van der Waals surface area contributed by atoms with Gasteiger partial charge in [0.1, 0.15) is 4.90 Å². The highest BCUT2D eigenvalue weighted by molar-refractivity contribution is 7.89. The summed E-state index contributed by atoms with van der Waals surface area (Å²) < 4.78 is 29.0. The minimum absolute atomic E-state index is 0.0902. The summed E-state index contributed by atoms with van der Waals surface area (Å²) in [7, 11) is -1.47. The lowest BCUT2D eigenvalue weighted by Gasteiger charge is -2.20. The minimum atomic E-state index is -3.36. The molecule has 1 aromatic rings. The van der Waals surface area contributed by atoms with Crippen LogP contribution >= 0.6 is 0 Å². The zero-order valence-corrected chi connectivity index (χ0v) is 13.6. The van der Waals surface area contributed by atoms with Gasteiger partial charge in [0.05, 0.1) is 0 Å². The maximum Gasteiger partial charge on any atom is 0.244 e. The minimum Gasteiger partial charge on any atom is -0.352 e. The van der Waals surface area contributed by atoms with Crippen molar-refractivity contribution in [3.63, 3.8) is 0 Å². The molecular weight excluding hydrogens is 274 g/mol. The Morgan fingerprint density at radius 1 is 1.40 bits per heavy atom. The Morgan fingerprint density at radius 2 is 2.10 bits per heavy atom. The first-order valence-corrected chi connectivity index (χ1v) is 8.68. The average molecular weight is 299 g/mol. The van der Waals surface area contributed by atoms with Gasteiger partial charge >= 0.3 is 0 Å². The van der Waals surface area contributed by atoms with Gasteiger partial charge in [-0.15, -0.1) is 0 Å². The maximum absolute atomic E-state index is 12.7. The van der Waals surface area contributed by atoms with E-state index in [2.05, 4.69) is 12.2 Å². The normalized spacial score (nSPS) is 24.4. The fourth-order valence-electron chi connectivity index (χ4n) is 2.88. The smallest absolute Gasteiger partial charge is 0.244 e. The van der Waals surface area contributed by atoms with Crippen LogP contribution in [-0.4, -0.2) is 36.4 Å². The van der Waals surface area contributed by atoms with Crippen LogP contribution in [0.3, 0.4) is 0 Å². The van der Waals surface area contributed by atoms with E-state index in [0.29, 0.717) is 23.9 Å². The van der Waals surface area contributed by atoms with E-state index in [1.165, 1.54) is 0 Å². The lowest BCUT2D eigenvalue weighted by molar-refractivity contribution is 0.405. The van der Waals surface area contributed by atoms with Crippen LogP contribution in [0.2, 0.25) is 0 Å². The van der Waals surface area contributed by atoms with Crippen molar-refractivity contribution in [3.8, 4) is 0 Å². The molecule has 0 aliphatic carbocycles. The fourth-order valence-corrected chi connectivity index (χ4v) is 4.74. The van der Waals surface area contributed by atoms with E-state index in [1.807, 2.05) is 25.5 Å². The zero-order valence-electron chi connectivity index (χ0n) is 12.8. The zero-order chi connectivity index (χ0) is 14.9. The molecule has 6 heteroatoms. The Labute approximate surface area is 122 Å². The molecule has 5 nitrogen and oxygen atoms in total. The summed E-state index contributed by atoms with van der Waals surface area (Å²) in [6.07, 6.45) is 2.66. The van der Waals surface area contributed by atoms with Crippen molar-refractivity contribution in [2.45, 2.75) is 44.7 Å².